The summed E-state index contributed by atoms with van der Waals surface area (Å²) in [7, 11) is 3.34. The summed E-state index contributed by atoms with van der Waals surface area (Å²) in [5, 5.41) is 9.30. The quantitative estimate of drug-likeness (QED) is 0.914. The van der Waals surface area contributed by atoms with Gasteiger partial charge in [0.05, 0.1) is 16.6 Å². The Bertz CT molecular complexity index is 674. The molecule has 106 valence electrons. The number of fused-ring (bicyclic) bond motifs is 1. The van der Waals surface area contributed by atoms with E-state index in [1.807, 2.05) is 6.92 Å². The highest BCUT2D eigenvalue weighted by Crippen LogP contribution is 2.21. The molecular formula is C14H17N3O3. The van der Waals surface area contributed by atoms with Crippen LogP contribution in [-0.2, 0) is 17.8 Å². The number of carbonyl (C=O) groups is 2. The molecule has 0 atom stereocenters. The summed E-state index contributed by atoms with van der Waals surface area (Å²) in [5.74, 6) is -0.403. The van der Waals surface area contributed by atoms with E-state index in [0.29, 0.717) is 23.3 Å². The Morgan fingerprint density at radius 3 is 2.60 bits per heavy atom. The van der Waals surface area contributed by atoms with Gasteiger partial charge in [-0.3, -0.25) is 4.79 Å². The highest BCUT2D eigenvalue weighted by molar-refractivity contribution is 6.01. The van der Waals surface area contributed by atoms with Gasteiger partial charge in [-0.1, -0.05) is 13.0 Å². The molecule has 2 rings (SSSR count). The highest BCUT2D eigenvalue weighted by atomic mass is 16.4. The van der Waals surface area contributed by atoms with Gasteiger partial charge in [0.1, 0.15) is 12.4 Å². The SMILES string of the molecule is CCc1nc2cccc(C(=O)O)c2n1CC(=O)N(C)C. The number of carbonyl (C=O) groups excluding carboxylic acids is 1. The van der Waals surface area contributed by atoms with Crippen LogP contribution in [0.3, 0.4) is 0 Å². The lowest BCUT2D eigenvalue weighted by molar-refractivity contribution is -0.129. The van der Waals surface area contributed by atoms with Crippen LogP contribution in [0.15, 0.2) is 18.2 Å². The van der Waals surface area contributed by atoms with Crippen LogP contribution in [0.5, 0.6) is 0 Å². The largest absolute Gasteiger partial charge is 0.478 e. The summed E-state index contributed by atoms with van der Waals surface area (Å²) in [4.78, 5) is 29.2. The number of amides is 1. The molecule has 1 heterocycles. The van der Waals surface area contributed by atoms with Gasteiger partial charge in [-0.05, 0) is 12.1 Å². The van der Waals surface area contributed by atoms with E-state index in [-0.39, 0.29) is 18.0 Å². The topological polar surface area (TPSA) is 75.4 Å². The molecule has 0 unspecified atom stereocenters. The Morgan fingerprint density at radius 2 is 2.05 bits per heavy atom. The molecule has 0 saturated carbocycles. The van der Waals surface area contributed by atoms with E-state index in [4.69, 9.17) is 0 Å². The first-order valence-corrected chi connectivity index (χ1v) is 6.37. The minimum Gasteiger partial charge on any atom is -0.478 e. The van der Waals surface area contributed by atoms with Crippen LogP contribution >= 0.6 is 0 Å². The van der Waals surface area contributed by atoms with Crippen molar-refractivity contribution in [2.75, 3.05) is 14.1 Å². The molecule has 20 heavy (non-hydrogen) atoms. The van der Waals surface area contributed by atoms with E-state index in [0.717, 1.165) is 0 Å². The minimum atomic E-state index is -1.02. The number of carboxylic acid groups (broad SMARTS) is 1. The van der Waals surface area contributed by atoms with Crippen molar-refractivity contribution in [1.82, 2.24) is 14.5 Å². The molecule has 0 spiro atoms. The third-order valence-electron chi connectivity index (χ3n) is 3.18. The number of rotatable bonds is 4. The van der Waals surface area contributed by atoms with E-state index in [9.17, 15) is 14.7 Å². The maximum atomic E-state index is 11.9. The first-order valence-electron chi connectivity index (χ1n) is 6.37. The molecule has 1 N–H and O–H groups in total. The van der Waals surface area contributed by atoms with Crippen LogP contribution in [0.4, 0.5) is 0 Å². The minimum absolute atomic E-state index is 0.0942. The van der Waals surface area contributed by atoms with Crippen molar-refractivity contribution >= 4 is 22.9 Å². The van der Waals surface area contributed by atoms with Gasteiger partial charge in [-0.25, -0.2) is 9.78 Å². The fourth-order valence-electron chi connectivity index (χ4n) is 2.12. The molecule has 1 aromatic heterocycles. The fraction of sp³-hybridized carbons (Fsp3) is 0.357. The van der Waals surface area contributed by atoms with Gasteiger partial charge in [0, 0.05) is 20.5 Å². The number of likely N-dealkylation sites (N-methyl/N-ethyl adjacent to an activating group) is 1. The van der Waals surface area contributed by atoms with Crippen molar-refractivity contribution in [2.24, 2.45) is 0 Å². The van der Waals surface area contributed by atoms with Crippen LogP contribution in [0, 0.1) is 0 Å². The van der Waals surface area contributed by atoms with Crippen LogP contribution < -0.4 is 0 Å². The molecule has 0 aliphatic rings. The number of aromatic carboxylic acids is 1. The van der Waals surface area contributed by atoms with Gasteiger partial charge in [0.15, 0.2) is 0 Å². The van der Waals surface area contributed by atoms with Crippen molar-refractivity contribution in [3.63, 3.8) is 0 Å². The van der Waals surface area contributed by atoms with E-state index in [1.165, 1.54) is 11.0 Å². The lowest BCUT2D eigenvalue weighted by Gasteiger charge is -2.13. The lowest BCUT2D eigenvalue weighted by Crippen LogP contribution is -2.27. The van der Waals surface area contributed by atoms with Crippen molar-refractivity contribution in [2.45, 2.75) is 19.9 Å². The molecule has 0 saturated heterocycles. The van der Waals surface area contributed by atoms with Gasteiger partial charge < -0.3 is 14.6 Å². The van der Waals surface area contributed by atoms with Gasteiger partial charge in [0.25, 0.3) is 0 Å². The smallest absolute Gasteiger partial charge is 0.337 e. The number of benzene rings is 1. The summed E-state index contributed by atoms with van der Waals surface area (Å²) < 4.78 is 1.70. The van der Waals surface area contributed by atoms with Crippen LogP contribution in [0.2, 0.25) is 0 Å². The second kappa shape index (κ2) is 5.32. The van der Waals surface area contributed by atoms with Crippen LogP contribution in [0.25, 0.3) is 11.0 Å². The number of hydrogen-bond acceptors (Lipinski definition) is 3. The molecule has 0 aliphatic heterocycles. The molecule has 6 nitrogen and oxygen atoms in total. The number of nitrogens with zero attached hydrogens (tertiary/aromatic N) is 3. The lowest BCUT2D eigenvalue weighted by atomic mass is 10.2. The summed E-state index contributed by atoms with van der Waals surface area (Å²) in [6.45, 7) is 2.02. The highest BCUT2D eigenvalue weighted by Gasteiger charge is 2.19. The zero-order valence-electron chi connectivity index (χ0n) is 11.8. The van der Waals surface area contributed by atoms with E-state index >= 15 is 0 Å². The fourth-order valence-corrected chi connectivity index (χ4v) is 2.12. The summed E-state index contributed by atoms with van der Waals surface area (Å²) in [6.07, 6.45) is 0.633. The Balaban J connectivity index is 2.66. The number of aromatic nitrogens is 2. The number of carboxylic acids is 1. The first kappa shape index (κ1) is 14.0. The third-order valence-corrected chi connectivity index (χ3v) is 3.18. The second-order valence-corrected chi connectivity index (χ2v) is 4.73. The van der Waals surface area contributed by atoms with E-state index < -0.39 is 5.97 Å². The van der Waals surface area contributed by atoms with E-state index in [2.05, 4.69) is 4.98 Å². The zero-order valence-corrected chi connectivity index (χ0v) is 11.8. The molecule has 0 bridgehead atoms. The summed E-state index contributed by atoms with van der Waals surface area (Å²) >= 11 is 0. The molecule has 6 heteroatoms. The molecule has 2 aromatic rings. The first-order chi connectivity index (χ1) is 9.45. The van der Waals surface area contributed by atoms with Crippen molar-refractivity contribution in [3.05, 3.63) is 29.6 Å². The zero-order chi connectivity index (χ0) is 14.9. The van der Waals surface area contributed by atoms with E-state index in [1.54, 1.807) is 30.8 Å². The average molecular weight is 275 g/mol. The Kier molecular flexibility index (Phi) is 3.74. The number of aryl methyl sites for hydroxylation is 1. The Hall–Kier alpha value is -2.37. The van der Waals surface area contributed by atoms with Gasteiger partial charge >= 0.3 is 5.97 Å². The molecule has 1 amide bonds. The number of para-hydroxylation sites is 1. The van der Waals surface area contributed by atoms with Gasteiger partial charge in [-0.2, -0.15) is 0 Å². The van der Waals surface area contributed by atoms with Crippen LogP contribution in [0.1, 0.15) is 23.1 Å². The Morgan fingerprint density at radius 1 is 1.35 bits per heavy atom. The standard InChI is InChI=1S/C14H17N3O3/c1-4-11-15-10-7-5-6-9(14(19)20)13(10)17(11)8-12(18)16(2)3/h5-7H,4,8H2,1-3H3,(H,19,20). The van der Waals surface area contributed by atoms with Gasteiger partial charge in [0.2, 0.25) is 5.91 Å². The summed E-state index contributed by atoms with van der Waals surface area (Å²) in [5.41, 5.74) is 1.28. The monoisotopic (exact) mass is 275 g/mol. The Labute approximate surface area is 116 Å². The molecule has 0 fully saturated rings. The normalized spacial score (nSPS) is 10.8. The predicted molar refractivity (Wildman–Crippen MR) is 74.8 cm³/mol. The maximum Gasteiger partial charge on any atom is 0.337 e. The molecular weight excluding hydrogens is 258 g/mol. The second-order valence-electron chi connectivity index (χ2n) is 4.73. The summed E-state index contributed by atoms with van der Waals surface area (Å²) in [6, 6.07) is 4.95. The third kappa shape index (κ3) is 2.36. The number of hydrogen-bond donors (Lipinski definition) is 1. The average Bonchev–Trinajstić information content (AvgIpc) is 2.76. The van der Waals surface area contributed by atoms with Gasteiger partial charge in [-0.15, -0.1) is 0 Å². The van der Waals surface area contributed by atoms with Crippen molar-refractivity contribution in [1.29, 1.82) is 0 Å². The molecule has 0 aliphatic carbocycles. The van der Waals surface area contributed by atoms with Crippen molar-refractivity contribution in [3.8, 4) is 0 Å². The van der Waals surface area contributed by atoms with Crippen molar-refractivity contribution < 1.29 is 14.7 Å². The molecule has 1 aromatic carbocycles. The molecule has 0 radical (unpaired) electrons. The maximum absolute atomic E-state index is 11.9. The van der Waals surface area contributed by atoms with Crippen LogP contribution in [-0.4, -0.2) is 45.5 Å². The predicted octanol–water partition coefficient (Wildman–Crippen LogP) is 1.39. The number of imidazole rings is 1.